The molecule has 2 aromatic rings. The number of allylic oxidation sites excluding steroid dienone is 1. The van der Waals surface area contributed by atoms with E-state index in [-0.39, 0.29) is 22.6 Å². The molecule has 0 unspecified atom stereocenters. The highest BCUT2D eigenvalue weighted by Crippen LogP contribution is 2.30. The Hall–Kier alpha value is -2.76. The van der Waals surface area contributed by atoms with Crippen LogP contribution in [0.1, 0.15) is 35.3 Å². The maximum absolute atomic E-state index is 12.6. The fraction of sp³-hybridized carbons (Fsp3) is 0.250. The Morgan fingerprint density at radius 1 is 1.12 bits per heavy atom. The Balaban J connectivity index is 1.87. The van der Waals surface area contributed by atoms with Crippen molar-refractivity contribution in [2.45, 2.75) is 32.2 Å². The van der Waals surface area contributed by atoms with Gasteiger partial charge in [0, 0.05) is 28.4 Å². The molecule has 0 spiro atoms. The SMILES string of the molecule is CC1(C)Cc2ccccc2C(=CC(=O)c2ccc(OC(F)(F)F)cc2)N1. The third-order valence-electron chi connectivity index (χ3n) is 4.06. The predicted molar refractivity (Wildman–Crippen MR) is 92.8 cm³/mol. The van der Waals surface area contributed by atoms with Crippen LogP contribution in [0.25, 0.3) is 5.70 Å². The molecule has 2 aromatic carbocycles. The summed E-state index contributed by atoms with van der Waals surface area (Å²) in [6.07, 6.45) is -2.44. The second-order valence-electron chi connectivity index (χ2n) is 6.84. The van der Waals surface area contributed by atoms with Gasteiger partial charge in [-0.2, -0.15) is 0 Å². The van der Waals surface area contributed by atoms with Crippen molar-refractivity contribution in [2.24, 2.45) is 0 Å². The van der Waals surface area contributed by atoms with Crippen LogP contribution in [0.2, 0.25) is 0 Å². The van der Waals surface area contributed by atoms with Crippen molar-refractivity contribution in [1.29, 1.82) is 0 Å². The topological polar surface area (TPSA) is 38.3 Å². The van der Waals surface area contributed by atoms with Gasteiger partial charge in [0.05, 0.1) is 0 Å². The summed E-state index contributed by atoms with van der Waals surface area (Å²) < 4.78 is 40.5. The van der Waals surface area contributed by atoms with Crippen LogP contribution in [-0.4, -0.2) is 17.7 Å². The van der Waals surface area contributed by atoms with E-state index in [1.54, 1.807) is 0 Å². The molecule has 0 aliphatic carbocycles. The summed E-state index contributed by atoms with van der Waals surface area (Å²) in [4.78, 5) is 12.6. The molecule has 136 valence electrons. The average molecular weight is 361 g/mol. The average Bonchev–Trinajstić information content (AvgIpc) is 2.53. The van der Waals surface area contributed by atoms with Crippen LogP contribution in [0.4, 0.5) is 13.2 Å². The number of nitrogens with one attached hydrogen (secondary N) is 1. The van der Waals surface area contributed by atoms with E-state index < -0.39 is 6.36 Å². The number of benzene rings is 2. The fourth-order valence-corrected chi connectivity index (χ4v) is 3.04. The lowest BCUT2D eigenvalue weighted by Gasteiger charge is -2.35. The van der Waals surface area contributed by atoms with E-state index in [9.17, 15) is 18.0 Å². The normalized spacial score (nSPS) is 17.3. The van der Waals surface area contributed by atoms with Crippen LogP contribution < -0.4 is 10.1 Å². The Bertz CT molecular complexity index is 852. The maximum atomic E-state index is 12.6. The minimum atomic E-state index is -4.76. The quantitative estimate of drug-likeness (QED) is 0.634. The number of ether oxygens (including phenoxy) is 1. The van der Waals surface area contributed by atoms with E-state index >= 15 is 0 Å². The fourth-order valence-electron chi connectivity index (χ4n) is 3.04. The Morgan fingerprint density at radius 2 is 1.77 bits per heavy atom. The Labute approximate surface area is 149 Å². The molecule has 0 amide bonds. The van der Waals surface area contributed by atoms with Crippen molar-refractivity contribution in [2.75, 3.05) is 0 Å². The zero-order valence-electron chi connectivity index (χ0n) is 14.4. The monoisotopic (exact) mass is 361 g/mol. The van der Waals surface area contributed by atoms with Crippen LogP contribution in [0.15, 0.2) is 54.6 Å². The lowest BCUT2D eigenvalue weighted by Crippen LogP contribution is -2.43. The molecule has 0 radical (unpaired) electrons. The van der Waals surface area contributed by atoms with Gasteiger partial charge in [0.25, 0.3) is 0 Å². The van der Waals surface area contributed by atoms with Gasteiger partial charge in [-0.05, 0) is 50.1 Å². The molecular weight excluding hydrogens is 343 g/mol. The molecule has 0 saturated carbocycles. The summed E-state index contributed by atoms with van der Waals surface area (Å²) in [7, 11) is 0. The molecule has 6 heteroatoms. The van der Waals surface area contributed by atoms with Gasteiger partial charge in [-0.15, -0.1) is 13.2 Å². The molecule has 1 aliphatic heterocycles. The third-order valence-corrected chi connectivity index (χ3v) is 4.06. The van der Waals surface area contributed by atoms with E-state index in [1.807, 2.05) is 38.1 Å². The van der Waals surface area contributed by atoms with Gasteiger partial charge in [-0.3, -0.25) is 4.79 Å². The van der Waals surface area contributed by atoms with Crippen LogP contribution in [0.3, 0.4) is 0 Å². The molecule has 0 saturated heterocycles. The Kier molecular flexibility index (Phi) is 4.52. The van der Waals surface area contributed by atoms with Gasteiger partial charge < -0.3 is 10.1 Å². The molecule has 0 aromatic heterocycles. The Morgan fingerprint density at radius 3 is 2.42 bits per heavy atom. The highest BCUT2D eigenvalue weighted by molar-refractivity contribution is 6.08. The van der Waals surface area contributed by atoms with Crippen molar-refractivity contribution in [1.82, 2.24) is 5.32 Å². The highest BCUT2D eigenvalue weighted by Gasteiger charge is 2.31. The number of fused-ring (bicyclic) bond motifs is 1. The molecule has 26 heavy (non-hydrogen) atoms. The summed E-state index contributed by atoms with van der Waals surface area (Å²) in [5, 5.41) is 3.36. The van der Waals surface area contributed by atoms with Gasteiger partial charge >= 0.3 is 6.36 Å². The minimum Gasteiger partial charge on any atom is -0.406 e. The number of carbonyl (C=O) groups excluding carboxylic acids is 1. The predicted octanol–water partition coefficient (Wildman–Crippen LogP) is 4.73. The van der Waals surface area contributed by atoms with Crippen molar-refractivity contribution < 1.29 is 22.7 Å². The van der Waals surface area contributed by atoms with E-state index in [0.717, 1.165) is 29.7 Å². The highest BCUT2D eigenvalue weighted by atomic mass is 19.4. The number of halogens is 3. The van der Waals surface area contributed by atoms with Crippen molar-refractivity contribution >= 4 is 11.5 Å². The third kappa shape index (κ3) is 4.25. The van der Waals surface area contributed by atoms with E-state index in [1.165, 1.54) is 18.2 Å². The van der Waals surface area contributed by atoms with Crippen LogP contribution in [0, 0.1) is 0 Å². The summed E-state index contributed by atoms with van der Waals surface area (Å²) in [5.74, 6) is -0.650. The molecule has 3 nitrogen and oxygen atoms in total. The lowest BCUT2D eigenvalue weighted by atomic mass is 9.85. The molecule has 3 rings (SSSR count). The zero-order chi connectivity index (χ0) is 18.9. The maximum Gasteiger partial charge on any atom is 0.573 e. The van der Waals surface area contributed by atoms with Gasteiger partial charge in [0.1, 0.15) is 5.75 Å². The number of alkyl halides is 3. The zero-order valence-corrected chi connectivity index (χ0v) is 14.4. The van der Waals surface area contributed by atoms with E-state index in [4.69, 9.17) is 0 Å². The number of rotatable bonds is 3. The van der Waals surface area contributed by atoms with Gasteiger partial charge in [0.15, 0.2) is 5.78 Å². The first-order valence-electron chi connectivity index (χ1n) is 8.11. The van der Waals surface area contributed by atoms with Crippen molar-refractivity contribution in [3.8, 4) is 5.75 Å². The first-order valence-corrected chi connectivity index (χ1v) is 8.11. The molecule has 0 bridgehead atoms. The second kappa shape index (κ2) is 6.52. The molecule has 1 N–H and O–H groups in total. The summed E-state index contributed by atoms with van der Waals surface area (Å²) >= 11 is 0. The summed E-state index contributed by atoms with van der Waals surface area (Å²) in [6.45, 7) is 4.09. The van der Waals surface area contributed by atoms with Crippen molar-refractivity contribution in [3.63, 3.8) is 0 Å². The largest absolute Gasteiger partial charge is 0.573 e. The van der Waals surface area contributed by atoms with E-state index in [2.05, 4.69) is 10.1 Å². The lowest BCUT2D eigenvalue weighted by molar-refractivity contribution is -0.274. The van der Waals surface area contributed by atoms with Crippen molar-refractivity contribution in [3.05, 3.63) is 71.3 Å². The summed E-state index contributed by atoms with van der Waals surface area (Å²) in [5.41, 5.74) is 2.89. The molecular formula is C20H18F3NO2. The number of ketones is 1. The van der Waals surface area contributed by atoms with Gasteiger partial charge in [-0.1, -0.05) is 24.3 Å². The van der Waals surface area contributed by atoms with E-state index in [0.29, 0.717) is 5.70 Å². The number of carbonyl (C=O) groups is 1. The van der Waals surface area contributed by atoms with Crippen LogP contribution in [-0.2, 0) is 6.42 Å². The van der Waals surface area contributed by atoms with Gasteiger partial charge in [0.2, 0.25) is 0 Å². The van der Waals surface area contributed by atoms with Crippen LogP contribution in [0.5, 0.6) is 5.75 Å². The number of hydrogen-bond acceptors (Lipinski definition) is 3. The smallest absolute Gasteiger partial charge is 0.406 e. The van der Waals surface area contributed by atoms with Gasteiger partial charge in [-0.25, -0.2) is 0 Å². The first kappa shape index (κ1) is 18.0. The molecule has 1 aliphatic rings. The molecule has 0 fully saturated rings. The summed E-state index contributed by atoms with van der Waals surface area (Å²) in [6, 6.07) is 12.7. The number of hydrogen-bond donors (Lipinski definition) is 1. The second-order valence-corrected chi connectivity index (χ2v) is 6.84. The first-order chi connectivity index (χ1) is 12.1. The minimum absolute atomic E-state index is 0.203. The molecule has 1 heterocycles. The van der Waals surface area contributed by atoms with Crippen LogP contribution >= 0.6 is 0 Å². The standard InChI is InChI=1S/C20H18F3NO2/c1-19(2)12-14-5-3-4-6-16(14)17(24-19)11-18(25)13-7-9-15(10-8-13)26-20(21,22)23/h3-11,24H,12H2,1-2H3. The molecule has 0 atom stereocenters.